The summed E-state index contributed by atoms with van der Waals surface area (Å²) in [5.74, 6) is 3.12. The zero-order valence-corrected chi connectivity index (χ0v) is 22.3. The molecule has 1 aromatic rings. The Balaban J connectivity index is 1.29. The molecule has 0 heterocycles. The van der Waals surface area contributed by atoms with Crippen molar-refractivity contribution in [3.8, 4) is 5.75 Å². The molecular formula is C32H51FO. The molecule has 0 aromatic heterocycles. The molecule has 2 heteroatoms. The number of allylic oxidation sites excluding steroid dienone is 2. The van der Waals surface area contributed by atoms with Crippen molar-refractivity contribution in [2.75, 3.05) is 6.61 Å². The Kier molecular flexibility index (Phi) is 12.5. The fourth-order valence-corrected chi connectivity index (χ4v) is 6.02. The van der Waals surface area contributed by atoms with Crippen LogP contribution in [0.1, 0.15) is 129 Å². The predicted octanol–water partition coefficient (Wildman–Crippen LogP) is 10.2. The fourth-order valence-electron chi connectivity index (χ4n) is 6.02. The summed E-state index contributed by atoms with van der Waals surface area (Å²) >= 11 is 0. The van der Waals surface area contributed by atoms with Crippen molar-refractivity contribution in [3.63, 3.8) is 0 Å². The van der Waals surface area contributed by atoms with E-state index >= 15 is 0 Å². The van der Waals surface area contributed by atoms with Crippen molar-refractivity contribution in [1.82, 2.24) is 0 Å². The minimum absolute atomic E-state index is 0.211. The largest absolute Gasteiger partial charge is 0.491 e. The lowest BCUT2D eigenvalue weighted by Gasteiger charge is -2.30. The smallest absolute Gasteiger partial charge is 0.165 e. The van der Waals surface area contributed by atoms with Crippen LogP contribution in [0.25, 0.3) is 0 Å². The number of unbranched alkanes of at least 4 members (excludes halogenated alkanes) is 4. The average molecular weight is 471 g/mol. The maximum Gasteiger partial charge on any atom is 0.165 e. The Morgan fingerprint density at radius 3 is 2.21 bits per heavy atom. The standard InChI is InChI=1S/C32H51FO/c1-3-5-7-8-9-26-10-12-27(13-11-26)14-15-28-16-18-29(19-17-28)20-21-30-22-23-32(31(33)25-30)34-24-6-4-2/h18,22-23,25-28H,3-17,19-21,24H2,1-2H3/t26-,27-,28?. The lowest BCUT2D eigenvalue weighted by atomic mass is 9.76. The number of rotatable bonds is 15. The highest BCUT2D eigenvalue weighted by atomic mass is 19.1. The van der Waals surface area contributed by atoms with E-state index in [1.54, 1.807) is 11.6 Å². The average Bonchev–Trinajstić information content (AvgIpc) is 2.87. The van der Waals surface area contributed by atoms with Crippen molar-refractivity contribution >= 4 is 0 Å². The van der Waals surface area contributed by atoms with Crippen LogP contribution in [0.15, 0.2) is 29.8 Å². The third kappa shape index (κ3) is 9.74. The second-order valence-electron chi connectivity index (χ2n) is 11.3. The van der Waals surface area contributed by atoms with Gasteiger partial charge in [-0.05, 0) is 80.4 Å². The summed E-state index contributed by atoms with van der Waals surface area (Å²) in [4.78, 5) is 0. The van der Waals surface area contributed by atoms with Gasteiger partial charge in [0.25, 0.3) is 0 Å². The quantitative estimate of drug-likeness (QED) is 0.183. The summed E-state index contributed by atoms with van der Waals surface area (Å²) in [6.07, 6.45) is 26.5. The highest BCUT2D eigenvalue weighted by molar-refractivity contribution is 5.30. The van der Waals surface area contributed by atoms with Gasteiger partial charge in [-0.25, -0.2) is 4.39 Å². The zero-order valence-electron chi connectivity index (χ0n) is 22.3. The minimum atomic E-state index is -0.211. The van der Waals surface area contributed by atoms with Crippen LogP contribution in [0.5, 0.6) is 5.75 Å². The molecule has 0 bridgehead atoms. The van der Waals surface area contributed by atoms with Crippen LogP contribution < -0.4 is 4.74 Å². The number of hydrogen-bond donors (Lipinski definition) is 0. The molecule has 0 saturated heterocycles. The third-order valence-electron chi connectivity index (χ3n) is 8.52. The van der Waals surface area contributed by atoms with Crippen molar-refractivity contribution in [2.45, 2.75) is 129 Å². The van der Waals surface area contributed by atoms with Crippen molar-refractivity contribution in [1.29, 1.82) is 0 Å². The number of benzene rings is 1. The fraction of sp³-hybridized carbons (Fsp3) is 0.750. The lowest BCUT2D eigenvalue weighted by molar-refractivity contribution is 0.234. The molecule has 34 heavy (non-hydrogen) atoms. The monoisotopic (exact) mass is 470 g/mol. The number of aryl methyl sites for hydroxylation is 1. The molecule has 192 valence electrons. The van der Waals surface area contributed by atoms with E-state index in [0.717, 1.165) is 49.0 Å². The third-order valence-corrected chi connectivity index (χ3v) is 8.52. The van der Waals surface area contributed by atoms with E-state index in [4.69, 9.17) is 4.74 Å². The van der Waals surface area contributed by atoms with E-state index in [9.17, 15) is 4.39 Å². The first-order chi connectivity index (χ1) is 16.7. The van der Waals surface area contributed by atoms with Gasteiger partial charge in [-0.3, -0.25) is 0 Å². The number of ether oxygens (including phenoxy) is 1. The van der Waals surface area contributed by atoms with Crippen LogP contribution >= 0.6 is 0 Å². The Morgan fingerprint density at radius 2 is 1.53 bits per heavy atom. The molecule has 2 aliphatic rings. The molecule has 0 spiro atoms. The SMILES string of the molecule is CCCCCC[C@H]1CC[C@H](CCC2CC=C(CCc3ccc(OCCCC)c(F)c3)CC2)CC1. The summed E-state index contributed by atoms with van der Waals surface area (Å²) in [5.41, 5.74) is 2.67. The topological polar surface area (TPSA) is 9.23 Å². The van der Waals surface area contributed by atoms with E-state index in [-0.39, 0.29) is 5.82 Å². The first-order valence-corrected chi connectivity index (χ1v) is 14.8. The summed E-state index contributed by atoms with van der Waals surface area (Å²) in [6.45, 7) is 5.02. The summed E-state index contributed by atoms with van der Waals surface area (Å²) < 4.78 is 19.8. The van der Waals surface area contributed by atoms with Crippen molar-refractivity contribution < 1.29 is 9.13 Å². The van der Waals surface area contributed by atoms with Gasteiger partial charge in [0.1, 0.15) is 0 Å². The second kappa shape index (κ2) is 15.6. The van der Waals surface area contributed by atoms with Gasteiger partial charge in [0, 0.05) is 0 Å². The molecule has 1 saturated carbocycles. The molecule has 1 fully saturated rings. The summed E-state index contributed by atoms with van der Waals surface area (Å²) in [6, 6.07) is 5.52. The molecular weight excluding hydrogens is 419 g/mol. The molecule has 0 radical (unpaired) electrons. The maximum absolute atomic E-state index is 14.3. The number of hydrogen-bond acceptors (Lipinski definition) is 1. The highest BCUT2D eigenvalue weighted by Gasteiger charge is 2.22. The predicted molar refractivity (Wildman–Crippen MR) is 144 cm³/mol. The van der Waals surface area contributed by atoms with Gasteiger partial charge in [0.2, 0.25) is 0 Å². The van der Waals surface area contributed by atoms with E-state index in [1.165, 1.54) is 89.9 Å². The molecule has 0 amide bonds. The summed E-state index contributed by atoms with van der Waals surface area (Å²) in [7, 11) is 0. The van der Waals surface area contributed by atoms with Gasteiger partial charge < -0.3 is 4.74 Å². The van der Waals surface area contributed by atoms with Gasteiger partial charge in [-0.1, -0.05) is 102 Å². The Bertz CT molecular complexity index is 716. The van der Waals surface area contributed by atoms with Gasteiger partial charge in [-0.2, -0.15) is 0 Å². The van der Waals surface area contributed by atoms with Crippen LogP contribution in [-0.4, -0.2) is 6.61 Å². The van der Waals surface area contributed by atoms with Gasteiger partial charge >= 0.3 is 0 Å². The molecule has 1 nitrogen and oxygen atoms in total. The molecule has 1 atom stereocenters. The van der Waals surface area contributed by atoms with Crippen LogP contribution in [0.4, 0.5) is 4.39 Å². The van der Waals surface area contributed by atoms with Crippen LogP contribution in [-0.2, 0) is 6.42 Å². The van der Waals surface area contributed by atoms with Crippen LogP contribution in [0, 0.1) is 23.6 Å². The van der Waals surface area contributed by atoms with E-state index < -0.39 is 0 Å². The summed E-state index contributed by atoms with van der Waals surface area (Å²) in [5, 5.41) is 0. The van der Waals surface area contributed by atoms with Crippen molar-refractivity contribution in [2.24, 2.45) is 17.8 Å². The van der Waals surface area contributed by atoms with E-state index in [1.807, 2.05) is 12.1 Å². The second-order valence-corrected chi connectivity index (χ2v) is 11.3. The molecule has 2 aliphatic carbocycles. The zero-order chi connectivity index (χ0) is 24.0. The Morgan fingerprint density at radius 1 is 0.794 bits per heavy atom. The molecule has 0 N–H and O–H groups in total. The molecule has 0 aliphatic heterocycles. The van der Waals surface area contributed by atoms with Gasteiger partial charge in [-0.15, -0.1) is 0 Å². The van der Waals surface area contributed by atoms with Crippen LogP contribution in [0.3, 0.4) is 0 Å². The first-order valence-electron chi connectivity index (χ1n) is 14.8. The van der Waals surface area contributed by atoms with Gasteiger partial charge in [0.15, 0.2) is 11.6 Å². The molecule has 3 rings (SSSR count). The first kappa shape index (κ1) is 27.3. The van der Waals surface area contributed by atoms with E-state index in [0.29, 0.717) is 12.4 Å². The van der Waals surface area contributed by atoms with Crippen molar-refractivity contribution in [3.05, 3.63) is 41.2 Å². The number of halogens is 1. The molecule has 1 unspecified atom stereocenters. The maximum atomic E-state index is 14.3. The minimum Gasteiger partial charge on any atom is -0.491 e. The highest BCUT2D eigenvalue weighted by Crippen LogP contribution is 2.37. The molecule has 1 aromatic carbocycles. The normalized spacial score (nSPS) is 23.0. The Hall–Kier alpha value is -1.31. The lowest BCUT2D eigenvalue weighted by Crippen LogP contribution is -2.16. The van der Waals surface area contributed by atoms with Crippen LogP contribution in [0.2, 0.25) is 0 Å². The van der Waals surface area contributed by atoms with Gasteiger partial charge in [0.05, 0.1) is 6.61 Å². The Labute approximate surface area is 209 Å². The van der Waals surface area contributed by atoms with E-state index in [2.05, 4.69) is 19.9 Å².